The first-order chi connectivity index (χ1) is 8.15. The highest BCUT2D eigenvalue weighted by Crippen LogP contribution is 2.21. The van der Waals surface area contributed by atoms with Gasteiger partial charge in [-0.3, -0.25) is 19.5 Å². The first kappa shape index (κ1) is 11.7. The normalized spacial score (nSPS) is 16.2. The van der Waals surface area contributed by atoms with Gasteiger partial charge in [-0.05, 0) is 18.9 Å². The van der Waals surface area contributed by atoms with Gasteiger partial charge in [-0.2, -0.15) is 0 Å². The molecule has 2 heterocycles. The molecule has 5 nitrogen and oxygen atoms in total. The van der Waals surface area contributed by atoms with Gasteiger partial charge in [0.2, 0.25) is 0 Å². The van der Waals surface area contributed by atoms with E-state index < -0.39 is 6.10 Å². The van der Waals surface area contributed by atoms with Crippen LogP contribution < -0.4 is 0 Å². The van der Waals surface area contributed by atoms with E-state index in [1.807, 2.05) is 6.92 Å². The van der Waals surface area contributed by atoms with Gasteiger partial charge in [-0.1, -0.05) is 6.92 Å². The molecule has 0 saturated heterocycles. The Kier molecular flexibility index (Phi) is 3.19. The van der Waals surface area contributed by atoms with E-state index >= 15 is 0 Å². The van der Waals surface area contributed by atoms with Crippen LogP contribution in [-0.2, 0) is 0 Å². The summed E-state index contributed by atoms with van der Waals surface area (Å²) in [5.74, 6) is -0.614. The number of aliphatic hydroxyl groups excluding tert-OH is 1. The molecule has 0 saturated carbocycles. The Hall–Kier alpha value is -1.75. The lowest BCUT2D eigenvalue weighted by Gasteiger charge is -2.15. The number of fused-ring (bicyclic) bond motifs is 1. The molecule has 0 radical (unpaired) electrons. The molecule has 0 spiro atoms. The van der Waals surface area contributed by atoms with Crippen LogP contribution >= 0.6 is 0 Å². The monoisotopic (exact) mass is 234 g/mol. The lowest BCUT2D eigenvalue weighted by atomic mass is 10.2. The number of pyridine rings is 1. The van der Waals surface area contributed by atoms with E-state index in [1.54, 1.807) is 6.07 Å². The van der Waals surface area contributed by atoms with Crippen LogP contribution in [0.3, 0.4) is 0 Å². The summed E-state index contributed by atoms with van der Waals surface area (Å²) in [5.41, 5.74) is 0.750. The third-order valence-electron chi connectivity index (χ3n) is 2.93. The van der Waals surface area contributed by atoms with Crippen LogP contribution in [0.2, 0.25) is 0 Å². The molecule has 1 aliphatic heterocycles. The van der Waals surface area contributed by atoms with E-state index in [2.05, 4.69) is 4.98 Å². The highest BCUT2D eigenvalue weighted by molar-refractivity contribution is 6.21. The Morgan fingerprint density at radius 1 is 1.35 bits per heavy atom. The number of hydrogen-bond acceptors (Lipinski definition) is 4. The minimum Gasteiger partial charge on any atom is -0.393 e. The molecule has 1 aliphatic rings. The maximum atomic E-state index is 11.9. The van der Waals surface area contributed by atoms with Crippen molar-refractivity contribution in [1.82, 2.24) is 9.88 Å². The zero-order valence-corrected chi connectivity index (χ0v) is 9.59. The average Bonchev–Trinajstić information content (AvgIpc) is 2.60. The Morgan fingerprint density at radius 2 is 2.06 bits per heavy atom. The van der Waals surface area contributed by atoms with Gasteiger partial charge in [-0.25, -0.2) is 0 Å². The summed E-state index contributed by atoms with van der Waals surface area (Å²) in [4.78, 5) is 28.8. The molecule has 1 aromatic rings. The van der Waals surface area contributed by atoms with E-state index in [0.29, 0.717) is 24.0 Å². The summed E-state index contributed by atoms with van der Waals surface area (Å²) in [5, 5.41) is 9.45. The molecule has 0 fully saturated rings. The minimum atomic E-state index is -0.475. The maximum Gasteiger partial charge on any atom is 0.263 e. The number of nitrogens with zero attached hydrogens (tertiary/aromatic N) is 2. The highest BCUT2D eigenvalue weighted by atomic mass is 16.3. The average molecular weight is 234 g/mol. The molecular weight excluding hydrogens is 220 g/mol. The van der Waals surface area contributed by atoms with Gasteiger partial charge in [0.1, 0.15) is 0 Å². The molecule has 1 atom stereocenters. The van der Waals surface area contributed by atoms with E-state index in [9.17, 15) is 14.7 Å². The summed E-state index contributed by atoms with van der Waals surface area (Å²) in [7, 11) is 0. The predicted molar refractivity (Wildman–Crippen MR) is 60.5 cm³/mol. The number of hydrogen-bond donors (Lipinski definition) is 1. The Labute approximate surface area is 99.1 Å². The molecule has 2 amide bonds. The molecule has 0 bridgehead atoms. The first-order valence-electron chi connectivity index (χ1n) is 5.63. The van der Waals surface area contributed by atoms with Crippen LogP contribution in [0.1, 0.15) is 40.5 Å². The third kappa shape index (κ3) is 2.06. The van der Waals surface area contributed by atoms with Crippen molar-refractivity contribution in [2.75, 3.05) is 6.54 Å². The fourth-order valence-electron chi connectivity index (χ4n) is 1.82. The third-order valence-corrected chi connectivity index (χ3v) is 2.93. The second kappa shape index (κ2) is 4.63. The van der Waals surface area contributed by atoms with Gasteiger partial charge in [0.25, 0.3) is 11.8 Å². The zero-order chi connectivity index (χ0) is 12.4. The Balaban J connectivity index is 2.13. The maximum absolute atomic E-state index is 11.9. The van der Waals surface area contributed by atoms with E-state index in [-0.39, 0.29) is 18.4 Å². The fraction of sp³-hybridized carbons (Fsp3) is 0.417. The summed E-state index contributed by atoms with van der Waals surface area (Å²) in [6, 6.07) is 1.55. The lowest BCUT2D eigenvalue weighted by molar-refractivity contribution is 0.0621. The number of imide groups is 1. The molecule has 0 aromatic carbocycles. The van der Waals surface area contributed by atoms with Gasteiger partial charge in [0.15, 0.2) is 0 Å². The summed E-state index contributed by atoms with van der Waals surface area (Å²) >= 11 is 0. The first-order valence-corrected chi connectivity index (χ1v) is 5.63. The van der Waals surface area contributed by atoms with Crippen molar-refractivity contribution in [2.24, 2.45) is 0 Å². The van der Waals surface area contributed by atoms with Crippen molar-refractivity contribution in [2.45, 2.75) is 25.9 Å². The number of aromatic nitrogens is 1. The number of amides is 2. The standard InChI is InChI=1S/C12H14N2O3/c1-2-8(15)4-6-14-11(16)9-3-5-13-7-10(9)12(14)17/h3,5,7-8,15H,2,4,6H2,1H3. The molecule has 90 valence electrons. The minimum absolute atomic E-state index is 0.251. The van der Waals surface area contributed by atoms with Crippen LogP contribution in [0, 0.1) is 0 Å². The van der Waals surface area contributed by atoms with Crippen LogP contribution in [0.4, 0.5) is 0 Å². The molecule has 17 heavy (non-hydrogen) atoms. The fourth-order valence-corrected chi connectivity index (χ4v) is 1.82. The smallest absolute Gasteiger partial charge is 0.263 e. The van der Waals surface area contributed by atoms with Crippen molar-refractivity contribution in [1.29, 1.82) is 0 Å². The Bertz CT molecular complexity index is 424. The zero-order valence-electron chi connectivity index (χ0n) is 9.59. The summed E-state index contributed by atoms with van der Waals surface area (Å²) in [6.45, 7) is 2.11. The largest absolute Gasteiger partial charge is 0.393 e. The molecule has 2 rings (SSSR count). The van der Waals surface area contributed by atoms with E-state index in [4.69, 9.17) is 0 Å². The van der Waals surface area contributed by atoms with Crippen LogP contribution in [0.15, 0.2) is 18.5 Å². The molecule has 0 aliphatic carbocycles. The van der Waals surface area contributed by atoms with Crippen molar-refractivity contribution in [3.63, 3.8) is 0 Å². The van der Waals surface area contributed by atoms with Crippen LogP contribution in [-0.4, -0.2) is 39.5 Å². The lowest BCUT2D eigenvalue weighted by Crippen LogP contribution is -2.32. The number of carbonyl (C=O) groups is 2. The quantitative estimate of drug-likeness (QED) is 0.784. The van der Waals surface area contributed by atoms with Gasteiger partial charge >= 0.3 is 0 Å². The molecule has 5 heteroatoms. The number of aliphatic hydroxyl groups is 1. The van der Waals surface area contributed by atoms with Crippen molar-refractivity contribution in [3.8, 4) is 0 Å². The predicted octanol–water partition coefficient (Wildman–Crippen LogP) is 0.839. The molecule has 1 unspecified atom stereocenters. The second-order valence-corrected chi connectivity index (χ2v) is 4.03. The van der Waals surface area contributed by atoms with Gasteiger partial charge in [-0.15, -0.1) is 0 Å². The van der Waals surface area contributed by atoms with Crippen LogP contribution in [0.25, 0.3) is 0 Å². The van der Waals surface area contributed by atoms with E-state index in [0.717, 1.165) is 0 Å². The van der Waals surface area contributed by atoms with Gasteiger partial charge in [0, 0.05) is 18.9 Å². The number of rotatable bonds is 4. The summed E-state index contributed by atoms with van der Waals surface area (Å²) < 4.78 is 0. The second-order valence-electron chi connectivity index (χ2n) is 4.03. The van der Waals surface area contributed by atoms with Gasteiger partial charge < -0.3 is 5.11 Å². The Morgan fingerprint density at radius 3 is 2.71 bits per heavy atom. The van der Waals surface area contributed by atoms with Crippen molar-refractivity contribution in [3.05, 3.63) is 29.6 Å². The van der Waals surface area contributed by atoms with Crippen LogP contribution in [0.5, 0.6) is 0 Å². The highest BCUT2D eigenvalue weighted by Gasteiger charge is 2.35. The number of carbonyl (C=O) groups excluding carboxylic acids is 2. The summed E-state index contributed by atoms with van der Waals surface area (Å²) in [6.07, 6.45) is 3.46. The molecule has 1 aromatic heterocycles. The van der Waals surface area contributed by atoms with Crippen molar-refractivity contribution < 1.29 is 14.7 Å². The SMILES string of the molecule is CCC(O)CCN1C(=O)c2ccncc2C1=O. The molecule has 1 N–H and O–H groups in total. The topological polar surface area (TPSA) is 70.5 Å². The van der Waals surface area contributed by atoms with Gasteiger partial charge in [0.05, 0.1) is 17.2 Å². The van der Waals surface area contributed by atoms with Crippen molar-refractivity contribution >= 4 is 11.8 Å². The van der Waals surface area contributed by atoms with E-state index in [1.165, 1.54) is 17.3 Å². The molecular formula is C12H14N2O3.